The van der Waals surface area contributed by atoms with Gasteiger partial charge >= 0.3 is 0 Å². The Morgan fingerprint density at radius 1 is 0.459 bits per heavy atom. The van der Waals surface area contributed by atoms with Crippen LogP contribution in [0.5, 0.6) is 0 Å². The van der Waals surface area contributed by atoms with Crippen LogP contribution in [-0.2, 0) is 81.6 Å². The number of nitrogens with zero attached hydrogens (tertiary/aromatic N) is 5. The molecule has 9 rings (SSSR count). The maximum Gasteiger partial charge on any atom is 0.246 e. The first-order chi connectivity index (χ1) is 52.4. The third-order valence-electron chi connectivity index (χ3n) is 20.7. The molecule has 4 aromatic carbocycles. The van der Waals surface area contributed by atoms with E-state index < -0.39 is 175 Å². The van der Waals surface area contributed by atoms with Gasteiger partial charge in [-0.3, -0.25) is 67.3 Å². The van der Waals surface area contributed by atoms with Gasteiger partial charge in [0.15, 0.2) is 5.96 Å². The van der Waals surface area contributed by atoms with Crippen LogP contribution >= 0.6 is 0 Å². The Labute approximate surface area is 632 Å². The normalized spacial score (nSPS) is 19.4. The number of carbonyl (C=O) groups is 13. The molecule has 21 N–H and O–H groups in total. The summed E-state index contributed by atoms with van der Waals surface area (Å²) in [5.74, 6) is -10.3. The van der Waals surface area contributed by atoms with Gasteiger partial charge in [-0.15, -0.1) is 0 Å². The summed E-state index contributed by atoms with van der Waals surface area (Å²) in [5.41, 5.74) is 43.7. The predicted molar refractivity (Wildman–Crippen MR) is 404 cm³/mol. The quantitative estimate of drug-likeness (QED) is 0.0128. The minimum absolute atomic E-state index is 0.0556. The molecule has 4 aliphatic heterocycles. The number of primary amides is 3. The second-order valence-corrected chi connectivity index (χ2v) is 28.4. The summed E-state index contributed by atoms with van der Waals surface area (Å²) in [5, 5.41) is 17.5. The highest BCUT2D eigenvalue weighted by Gasteiger charge is 2.49. The zero-order valence-electron chi connectivity index (χ0n) is 61.2. The summed E-state index contributed by atoms with van der Waals surface area (Å²) in [7, 11) is 0. The molecule has 4 aliphatic rings. The largest absolute Gasteiger partial charge is 0.370 e. The zero-order chi connectivity index (χ0) is 78.3. The maximum absolute atomic E-state index is 15.5. The Hall–Kier alpha value is -11.3. The molecule has 0 radical (unpaired) electrons. The van der Waals surface area contributed by atoms with Crippen LogP contribution in [0, 0.1) is 0 Å². The van der Waals surface area contributed by atoms with Gasteiger partial charge in [0.25, 0.3) is 0 Å². The number of aliphatic imine (C=N–C) groups is 1. The summed E-state index contributed by atoms with van der Waals surface area (Å²) < 4.78 is 0. The Morgan fingerprint density at radius 2 is 0.945 bits per heavy atom. The number of nitrogens with two attached hydrogens (primary N) is 7. The third kappa shape index (κ3) is 22.2. The molecule has 4 saturated heterocycles. The smallest absolute Gasteiger partial charge is 0.246 e. The van der Waals surface area contributed by atoms with E-state index in [0.717, 1.165) is 22.0 Å². The van der Waals surface area contributed by atoms with Crippen molar-refractivity contribution in [1.29, 1.82) is 0 Å². The summed E-state index contributed by atoms with van der Waals surface area (Å²) in [6.07, 6.45) is 3.60. The van der Waals surface area contributed by atoms with Gasteiger partial charge in [-0.25, -0.2) is 0 Å². The van der Waals surface area contributed by atoms with Crippen molar-refractivity contribution in [3.05, 3.63) is 144 Å². The lowest BCUT2D eigenvalue weighted by Crippen LogP contribution is -2.61. The first kappa shape index (κ1) is 81.8. The van der Waals surface area contributed by atoms with E-state index in [-0.39, 0.29) is 90.2 Å². The number of para-hydroxylation sites is 1. The van der Waals surface area contributed by atoms with Crippen LogP contribution in [0.3, 0.4) is 0 Å². The number of hydrogen-bond donors (Lipinski definition) is 14. The van der Waals surface area contributed by atoms with Gasteiger partial charge < -0.3 is 96.6 Å². The first-order valence-corrected chi connectivity index (χ1v) is 37.5. The number of nitrogens with one attached hydrogen (secondary N) is 7. The lowest BCUT2D eigenvalue weighted by Gasteiger charge is -2.34. The average Bonchev–Trinajstić information content (AvgIpc) is 1.65. The highest BCUT2D eigenvalue weighted by molar-refractivity contribution is 6.00. The van der Waals surface area contributed by atoms with Crippen molar-refractivity contribution in [1.82, 2.24) is 56.5 Å². The molecule has 109 heavy (non-hydrogen) atoms. The Kier molecular flexibility index (Phi) is 29.7. The van der Waals surface area contributed by atoms with Gasteiger partial charge in [0.2, 0.25) is 76.8 Å². The summed E-state index contributed by atoms with van der Waals surface area (Å²) >= 11 is 0. The SMILES string of the molecule is NCCCC[C@H](NC(=O)[C@@H]1CCCN1C(=O)[C@@H](N)CCCN=C(N)N)C(=O)N1CCC[C@H]1C(=O)N[C@@H](CCC(N)=O)C(=O)N[C@@H](CCC(N)=O)C(=O)N[C@@H](Cc1ccccc1)C(=O)N[C@@H](Cc1ccccc1)C(=O)N1CCC[C@@H]1C(=O)N1CC[C@H](c2ccccc2)[C@H]1C(=O)N[C@@H](Cc1c[nH]c2ccccc12)C(N)=O. The van der Waals surface area contributed by atoms with Crippen molar-refractivity contribution in [2.45, 2.75) is 194 Å². The number of amides is 13. The molecule has 0 aliphatic carbocycles. The van der Waals surface area contributed by atoms with Crippen LogP contribution in [-0.4, -0.2) is 213 Å². The predicted octanol–water partition coefficient (Wildman–Crippen LogP) is -1.01. The van der Waals surface area contributed by atoms with Crippen molar-refractivity contribution in [2.24, 2.45) is 45.1 Å². The number of fused-ring (bicyclic) bond motifs is 1. The molecule has 0 bridgehead atoms. The third-order valence-corrected chi connectivity index (χ3v) is 20.7. The molecule has 0 unspecified atom stereocenters. The topological polar surface area (TPSA) is 517 Å². The summed E-state index contributed by atoms with van der Waals surface area (Å²) in [4.78, 5) is 199. The molecule has 32 nitrogen and oxygen atoms in total. The van der Waals surface area contributed by atoms with E-state index in [1.54, 1.807) is 66.9 Å². The second kappa shape index (κ2) is 39.5. The van der Waals surface area contributed by atoms with E-state index in [0.29, 0.717) is 62.5 Å². The van der Waals surface area contributed by atoms with Crippen LogP contribution < -0.4 is 72.0 Å². The standard InChI is InChI=1S/C77H103N19O13/c78-36-13-12-27-56(89-71(104)60-28-15-38-93(60)73(106)52(79)25-14-37-85-77(83)84)74(107)94-39-16-29-61(94)70(103)88-55(32-34-64(81)98)67(100)87-54(31-33-63(80)97)68(101)91-58(42-46-18-4-1-5-19-46)69(102)92-59(43-47-20-6-2-7-21-47)75(108)95-40-17-30-62(95)76(109)96-41-35-51(48-22-8-3-9-23-48)65(96)72(105)90-57(66(82)99)44-49-45-86-53-26-11-10-24-50(49)53/h1-11,18-24,26,45,51-52,54-62,65,86H,12-17,25,27-44,78-79H2,(H2,80,97)(H2,81,98)(H2,82,99)(H,87,100)(H,88,103)(H,89,104)(H,90,105)(H,91,101)(H,92,102)(H4,83,84,85)/t51-,52+,54+,55+,56+,57+,58+,59+,60+,61+,62-,65+/m1/s1. The van der Waals surface area contributed by atoms with E-state index in [9.17, 15) is 47.9 Å². The first-order valence-electron chi connectivity index (χ1n) is 37.5. The highest BCUT2D eigenvalue weighted by atomic mass is 16.2. The van der Waals surface area contributed by atoms with E-state index in [2.05, 4.69) is 41.9 Å². The summed E-state index contributed by atoms with van der Waals surface area (Å²) in [6.45, 7) is 1.06. The van der Waals surface area contributed by atoms with Crippen molar-refractivity contribution >= 4 is 93.7 Å². The number of guanidine groups is 1. The molecular weight excluding hydrogens is 1400 g/mol. The molecule has 584 valence electrons. The second-order valence-electron chi connectivity index (χ2n) is 28.4. The Morgan fingerprint density at radius 3 is 1.52 bits per heavy atom. The fraction of sp³-hybridized carbons (Fsp3) is 0.481. The van der Waals surface area contributed by atoms with Crippen molar-refractivity contribution in [3.8, 4) is 0 Å². The number of H-pyrrole nitrogens is 1. The molecular formula is C77H103N19O13. The number of aromatic nitrogens is 1. The van der Waals surface area contributed by atoms with Crippen LogP contribution in [0.2, 0.25) is 0 Å². The van der Waals surface area contributed by atoms with Crippen LogP contribution in [0.1, 0.15) is 131 Å². The molecule has 5 heterocycles. The van der Waals surface area contributed by atoms with Crippen LogP contribution in [0.4, 0.5) is 0 Å². The van der Waals surface area contributed by atoms with E-state index in [1.165, 1.54) is 19.6 Å². The maximum atomic E-state index is 15.5. The molecule has 1 aromatic heterocycles. The van der Waals surface area contributed by atoms with E-state index >= 15 is 14.4 Å². The highest BCUT2D eigenvalue weighted by Crippen LogP contribution is 2.36. The molecule has 0 saturated carbocycles. The fourth-order valence-electron chi connectivity index (χ4n) is 15.1. The number of rotatable bonds is 38. The minimum Gasteiger partial charge on any atom is -0.370 e. The monoisotopic (exact) mass is 1500 g/mol. The van der Waals surface area contributed by atoms with Gasteiger partial charge in [0.1, 0.15) is 60.4 Å². The Balaban J connectivity index is 0.916. The molecule has 4 fully saturated rings. The van der Waals surface area contributed by atoms with Crippen molar-refractivity contribution in [3.63, 3.8) is 0 Å². The minimum atomic E-state index is -1.66. The van der Waals surface area contributed by atoms with Crippen LogP contribution in [0.15, 0.2) is 126 Å². The lowest BCUT2D eigenvalue weighted by atomic mass is 9.90. The molecule has 32 heteroatoms. The molecule has 13 amide bonds. The number of likely N-dealkylation sites (tertiary alicyclic amines) is 4. The van der Waals surface area contributed by atoms with Gasteiger partial charge in [0, 0.05) is 87.8 Å². The van der Waals surface area contributed by atoms with Gasteiger partial charge in [0.05, 0.1) is 6.04 Å². The zero-order valence-corrected chi connectivity index (χ0v) is 61.2. The molecule has 12 atom stereocenters. The van der Waals surface area contributed by atoms with Gasteiger partial charge in [-0.05, 0) is 125 Å². The van der Waals surface area contributed by atoms with E-state index in [4.69, 9.17) is 40.1 Å². The van der Waals surface area contributed by atoms with E-state index in [1.807, 2.05) is 54.6 Å². The lowest BCUT2D eigenvalue weighted by molar-refractivity contribution is -0.148. The molecule has 0 spiro atoms. The number of benzene rings is 4. The summed E-state index contributed by atoms with van der Waals surface area (Å²) in [6, 6.07) is 20.2. The number of carbonyl (C=O) groups excluding carboxylic acids is 13. The number of aromatic amines is 1. The van der Waals surface area contributed by atoms with Crippen molar-refractivity contribution < 1.29 is 62.3 Å². The number of unbranched alkanes of at least 4 members (excludes halogenated alkanes) is 1. The average molecular weight is 1500 g/mol. The van der Waals surface area contributed by atoms with Crippen LogP contribution in [0.25, 0.3) is 10.9 Å². The van der Waals surface area contributed by atoms with Gasteiger partial charge in [-0.1, -0.05) is 109 Å². The Bertz CT molecular complexity index is 4070. The fourth-order valence-corrected chi connectivity index (χ4v) is 15.1. The number of hydrogen-bond acceptors (Lipinski definition) is 16. The van der Waals surface area contributed by atoms with Crippen molar-refractivity contribution in [2.75, 3.05) is 39.3 Å². The molecule has 5 aromatic rings. The van der Waals surface area contributed by atoms with Gasteiger partial charge in [-0.2, -0.15) is 0 Å².